The predicted molar refractivity (Wildman–Crippen MR) is 69.2 cm³/mol. The molecule has 0 unspecified atom stereocenters. The van der Waals surface area contributed by atoms with Crippen molar-refractivity contribution in [2.75, 3.05) is 13.1 Å². The van der Waals surface area contributed by atoms with E-state index < -0.39 is 0 Å². The first-order valence-corrected chi connectivity index (χ1v) is 6.20. The quantitative estimate of drug-likeness (QED) is 0.448. The van der Waals surface area contributed by atoms with Crippen molar-refractivity contribution in [3.8, 4) is 5.75 Å². The monoisotopic (exact) mass is 235 g/mol. The van der Waals surface area contributed by atoms with Crippen LogP contribution in [0.1, 0.15) is 32.3 Å². The first-order valence-electron chi connectivity index (χ1n) is 6.20. The van der Waals surface area contributed by atoms with Gasteiger partial charge in [0, 0.05) is 6.92 Å². The van der Waals surface area contributed by atoms with E-state index in [0.29, 0.717) is 5.75 Å². The Morgan fingerprint density at radius 2 is 1.94 bits per heavy atom. The third-order valence-electron chi connectivity index (χ3n) is 2.48. The van der Waals surface area contributed by atoms with Crippen LogP contribution in [0.15, 0.2) is 24.3 Å². The number of esters is 1. The van der Waals surface area contributed by atoms with Gasteiger partial charge in [0.2, 0.25) is 0 Å². The van der Waals surface area contributed by atoms with Crippen LogP contribution in [0.4, 0.5) is 0 Å². The van der Waals surface area contributed by atoms with Gasteiger partial charge < -0.3 is 10.1 Å². The molecule has 1 aromatic rings. The number of hydrogen-bond donors (Lipinski definition) is 1. The Balaban J connectivity index is 2.28. The van der Waals surface area contributed by atoms with Gasteiger partial charge in [-0.05, 0) is 43.6 Å². The number of carbonyl (C=O) groups excluding carboxylic acids is 1. The van der Waals surface area contributed by atoms with Crippen LogP contribution in [0.25, 0.3) is 0 Å². The summed E-state index contributed by atoms with van der Waals surface area (Å²) >= 11 is 0. The molecule has 0 bridgehead atoms. The summed E-state index contributed by atoms with van der Waals surface area (Å²) in [7, 11) is 0. The zero-order chi connectivity index (χ0) is 12.5. The molecule has 3 nitrogen and oxygen atoms in total. The Hall–Kier alpha value is -1.35. The van der Waals surface area contributed by atoms with Gasteiger partial charge in [-0.25, -0.2) is 0 Å². The van der Waals surface area contributed by atoms with Gasteiger partial charge in [0.25, 0.3) is 0 Å². The highest BCUT2D eigenvalue weighted by atomic mass is 16.5. The zero-order valence-corrected chi connectivity index (χ0v) is 10.7. The van der Waals surface area contributed by atoms with Gasteiger partial charge >= 0.3 is 5.97 Å². The van der Waals surface area contributed by atoms with Gasteiger partial charge in [-0.15, -0.1) is 0 Å². The maximum Gasteiger partial charge on any atom is 0.308 e. The van der Waals surface area contributed by atoms with Crippen molar-refractivity contribution in [1.29, 1.82) is 0 Å². The molecule has 1 aromatic carbocycles. The molecule has 17 heavy (non-hydrogen) atoms. The van der Waals surface area contributed by atoms with Gasteiger partial charge in [0.15, 0.2) is 0 Å². The largest absolute Gasteiger partial charge is 0.427 e. The van der Waals surface area contributed by atoms with E-state index in [2.05, 4.69) is 12.2 Å². The van der Waals surface area contributed by atoms with E-state index in [4.69, 9.17) is 4.74 Å². The van der Waals surface area contributed by atoms with Crippen LogP contribution in [0.3, 0.4) is 0 Å². The molecular weight excluding hydrogens is 214 g/mol. The number of ether oxygens (including phenoxy) is 1. The molecule has 0 saturated heterocycles. The summed E-state index contributed by atoms with van der Waals surface area (Å²) in [4.78, 5) is 10.7. The molecule has 0 amide bonds. The third-order valence-corrected chi connectivity index (χ3v) is 2.48. The number of rotatable bonds is 7. The minimum absolute atomic E-state index is 0.279. The number of unbranched alkanes of at least 4 members (excludes halogenated alkanes) is 1. The lowest BCUT2D eigenvalue weighted by Gasteiger charge is -2.05. The molecule has 0 aliphatic carbocycles. The second kappa shape index (κ2) is 7.85. The Morgan fingerprint density at radius 3 is 2.53 bits per heavy atom. The standard InChI is InChI=1S/C14H21NO2/c1-3-4-10-15-11-9-13-5-7-14(8-6-13)17-12(2)16/h5-8,15H,3-4,9-11H2,1-2H3. The highest BCUT2D eigenvalue weighted by Crippen LogP contribution is 2.12. The van der Waals surface area contributed by atoms with Crippen LogP contribution in [-0.2, 0) is 11.2 Å². The topological polar surface area (TPSA) is 38.3 Å². The molecule has 94 valence electrons. The van der Waals surface area contributed by atoms with Crippen molar-refractivity contribution in [1.82, 2.24) is 5.32 Å². The first-order chi connectivity index (χ1) is 8.22. The van der Waals surface area contributed by atoms with E-state index in [-0.39, 0.29) is 5.97 Å². The molecule has 0 fully saturated rings. The van der Waals surface area contributed by atoms with E-state index in [1.165, 1.54) is 25.3 Å². The second-order valence-electron chi connectivity index (χ2n) is 4.09. The molecular formula is C14H21NO2. The Labute approximate surface area is 103 Å². The summed E-state index contributed by atoms with van der Waals surface area (Å²) < 4.78 is 4.97. The van der Waals surface area contributed by atoms with E-state index in [9.17, 15) is 4.79 Å². The van der Waals surface area contributed by atoms with Crippen molar-refractivity contribution in [3.05, 3.63) is 29.8 Å². The van der Waals surface area contributed by atoms with Gasteiger partial charge in [-0.3, -0.25) is 4.79 Å². The fraction of sp³-hybridized carbons (Fsp3) is 0.500. The summed E-state index contributed by atoms with van der Waals surface area (Å²) in [6.07, 6.45) is 3.46. The minimum Gasteiger partial charge on any atom is -0.427 e. The molecule has 0 atom stereocenters. The predicted octanol–water partition coefficient (Wildman–Crippen LogP) is 2.54. The minimum atomic E-state index is -0.279. The van der Waals surface area contributed by atoms with Crippen LogP contribution >= 0.6 is 0 Å². The van der Waals surface area contributed by atoms with Crippen LogP contribution in [0, 0.1) is 0 Å². The number of hydrogen-bond acceptors (Lipinski definition) is 3. The summed E-state index contributed by atoms with van der Waals surface area (Å²) in [5, 5.41) is 3.40. The lowest BCUT2D eigenvalue weighted by Crippen LogP contribution is -2.18. The van der Waals surface area contributed by atoms with Crippen LogP contribution in [0.5, 0.6) is 5.75 Å². The molecule has 0 spiro atoms. The average Bonchev–Trinajstić information content (AvgIpc) is 2.30. The van der Waals surface area contributed by atoms with Crippen molar-refractivity contribution in [2.24, 2.45) is 0 Å². The van der Waals surface area contributed by atoms with Crippen LogP contribution < -0.4 is 10.1 Å². The second-order valence-corrected chi connectivity index (χ2v) is 4.09. The van der Waals surface area contributed by atoms with Gasteiger partial charge in [-0.1, -0.05) is 25.5 Å². The first kappa shape index (κ1) is 13.7. The SMILES string of the molecule is CCCCNCCc1ccc(OC(C)=O)cc1. The van der Waals surface area contributed by atoms with Gasteiger partial charge in [-0.2, -0.15) is 0 Å². The Bertz CT molecular complexity index is 333. The molecule has 1 rings (SSSR count). The molecule has 1 N–H and O–H groups in total. The molecule has 0 aliphatic heterocycles. The Morgan fingerprint density at radius 1 is 1.24 bits per heavy atom. The summed E-state index contributed by atoms with van der Waals surface area (Å²) in [6.45, 7) is 5.68. The fourth-order valence-electron chi connectivity index (χ4n) is 1.55. The van der Waals surface area contributed by atoms with Gasteiger partial charge in [0.05, 0.1) is 0 Å². The molecule has 0 aromatic heterocycles. The van der Waals surface area contributed by atoms with E-state index >= 15 is 0 Å². The molecule has 0 saturated carbocycles. The number of nitrogens with one attached hydrogen (secondary N) is 1. The van der Waals surface area contributed by atoms with E-state index in [1.807, 2.05) is 24.3 Å². The summed E-state index contributed by atoms with van der Waals surface area (Å²) in [5.41, 5.74) is 1.25. The lowest BCUT2D eigenvalue weighted by atomic mass is 10.1. The van der Waals surface area contributed by atoms with Crippen LogP contribution in [0.2, 0.25) is 0 Å². The average molecular weight is 235 g/mol. The smallest absolute Gasteiger partial charge is 0.308 e. The van der Waals surface area contributed by atoms with E-state index in [0.717, 1.165) is 19.5 Å². The normalized spacial score (nSPS) is 10.2. The zero-order valence-electron chi connectivity index (χ0n) is 10.7. The maximum absolute atomic E-state index is 10.7. The maximum atomic E-state index is 10.7. The molecule has 0 aliphatic rings. The molecule has 0 radical (unpaired) electrons. The van der Waals surface area contributed by atoms with Crippen molar-refractivity contribution < 1.29 is 9.53 Å². The number of benzene rings is 1. The third kappa shape index (κ3) is 6.07. The summed E-state index contributed by atoms with van der Waals surface area (Å²) in [6, 6.07) is 7.67. The fourth-order valence-corrected chi connectivity index (χ4v) is 1.55. The van der Waals surface area contributed by atoms with Crippen LogP contribution in [-0.4, -0.2) is 19.1 Å². The van der Waals surface area contributed by atoms with Crippen molar-refractivity contribution >= 4 is 5.97 Å². The lowest BCUT2D eigenvalue weighted by molar-refractivity contribution is -0.131. The van der Waals surface area contributed by atoms with Crippen molar-refractivity contribution in [3.63, 3.8) is 0 Å². The van der Waals surface area contributed by atoms with Crippen molar-refractivity contribution in [2.45, 2.75) is 33.1 Å². The highest BCUT2D eigenvalue weighted by Gasteiger charge is 1.98. The molecule has 0 heterocycles. The Kier molecular flexibility index (Phi) is 6.33. The summed E-state index contributed by atoms with van der Waals surface area (Å²) in [5.74, 6) is 0.333. The van der Waals surface area contributed by atoms with E-state index in [1.54, 1.807) is 0 Å². The van der Waals surface area contributed by atoms with Gasteiger partial charge in [0.1, 0.15) is 5.75 Å². The highest BCUT2D eigenvalue weighted by molar-refractivity contribution is 5.69. The molecule has 3 heteroatoms. The number of carbonyl (C=O) groups is 1.